The summed E-state index contributed by atoms with van der Waals surface area (Å²) in [5, 5.41) is 6.15. The van der Waals surface area contributed by atoms with Gasteiger partial charge in [-0.15, -0.1) is 11.3 Å². The summed E-state index contributed by atoms with van der Waals surface area (Å²) >= 11 is 7.41. The Balaban J connectivity index is 2.12. The number of nitrogens with zero attached hydrogens (tertiary/aromatic N) is 1. The molecule has 1 heterocycles. The zero-order valence-electron chi connectivity index (χ0n) is 10.6. The number of halogens is 1. The molecule has 2 rings (SSSR count). The van der Waals surface area contributed by atoms with E-state index in [1.54, 1.807) is 18.2 Å². The van der Waals surface area contributed by atoms with Gasteiger partial charge in [0.2, 0.25) is 0 Å². The number of rotatable bonds is 3. The van der Waals surface area contributed by atoms with Crippen molar-refractivity contribution in [3.05, 3.63) is 44.9 Å². The van der Waals surface area contributed by atoms with E-state index >= 15 is 0 Å². The third-order valence-electron chi connectivity index (χ3n) is 2.54. The van der Waals surface area contributed by atoms with Crippen LogP contribution in [0.15, 0.2) is 23.6 Å². The largest absolute Gasteiger partial charge is 0.399 e. The van der Waals surface area contributed by atoms with E-state index < -0.39 is 0 Å². The zero-order valence-corrected chi connectivity index (χ0v) is 12.2. The molecule has 0 radical (unpaired) electrons. The van der Waals surface area contributed by atoms with E-state index in [1.807, 2.05) is 19.2 Å². The molecule has 0 saturated carbocycles. The number of thiazole rings is 1. The first kappa shape index (κ1) is 13.8. The van der Waals surface area contributed by atoms with Crippen LogP contribution in [-0.2, 0) is 0 Å². The van der Waals surface area contributed by atoms with Crippen molar-refractivity contribution < 1.29 is 4.79 Å². The number of amides is 1. The second-order valence-electron chi connectivity index (χ2n) is 4.30. The van der Waals surface area contributed by atoms with Gasteiger partial charge in [0, 0.05) is 27.3 Å². The van der Waals surface area contributed by atoms with E-state index in [4.69, 9.17) is 17.3 Å². The van der Waals surface area contributed by atoms with Crippen molar-refractivity contribution in [2.24, 2.45) is 0 Å². The van der Waals surface area contributed by atoms with Crippen LogP contribution in [0.1, 0.15) is 34.0 Å². The van der Waals surface area contributed by atoms with Gasteiger partial charge in [0.05, 0.1) is 6.04 Å². The molecule has 0 spiro atoms. The molecule has 0 aliphatic carbocycles. The smallest absolute Gasteiger partial charge is 0.251 e. The highest BCUT2D eigenvalue weighted by Gasteiger charge is 2.14. The predicted octanol–water partition coefficient (Wildman–Crippen LogP) is 3.18. The minimum Gasteiger partial charge on any atom is -0.399 e. The minimum absolute atomic E-state index is 0.147. The number of hydrogen-bond acceptors (Lipinski definition) is 4. The van der Waals surface area contributed by atoms with Gasteiger partial charge in [-0.3, -0.25) is 4.79 Å². The number of carbonyl (C=O) groups excluding carboxylic acids is 1. The van der Waals surface area contributed by atoms with Crippen LogP contribution in [-0.4, -0.2) is 10.9 Å². The molecule has 100 valence electrons. The van der Waals surface area contributed by atoms with E-state index in [0.29, 0.717) is 16.3 Å². The van der Waals surface area contributed by atoms with Crippen LogP contribution < -0.4 is 11.1 Å². The molecule has 2 aromatic rings. The van der Waals surface area contributed by atoms with Gasteiger partial charge in [-0.05, 0) is 32.0 Å². The summed E-state index contributed by atoms with van der Waals surface area (Å²) in [6, 6.07) is 4.64. The average Bonchev–Trinajstić information content (AvgIpc) is 2.74. The van der Waals surface area contributed by atoms with Gasteiger partial charge in [0.1, 0.15) is 5.01 Å². The number of benzene rings is 1. The van der Waals surface area contributed by atoms with E-state index in [9.17, 15) is 4.79 Å². The van der Waals surface area contributed by atoms with Crippen molar-refractivity contribution in [3.8, 4) is 0 Å². The van der Waals surface area contributed by atoms with Crippen molar-refractivity contribution in [3.63, 3.8) is 0 Å². The lowest BCUT2D eigenvalue weighted by molar-refractivity contribution is 0.0940. The number of nitrogen functional groups attached to an aromatic ring is 1. The summed E-state index contributed by atoms with van der Waals surface area (Å²) in [6.45, 7) is 3.82. The number of anilines is 1. The number of nitrogens with two attached hydrogens (primary N) is 1. The molecule has 0 fully saturated rings. The predicted molar refractivity (Wildman–Crippen MR) is 78.6 cm³/mol. The molecule has 0 aliphatic rings. The number of aryl methyl sites for hydroxylation is 1. The second-order valence-corrected chi connectivity index (χ2v) is 5.62. The van der Waals surface area contributed by atoms with Gasteiger partial charge in [-0.25, -0.2) is 4.98 Å². The van der Waals surface area contributed by atoms with E-state index in [0.717, 1.165) is 10.7 Å². The van der Waals surface area contributed by atoms with Crippen molar-refractivity contribution in [1.29, 1.82) is 0 Å². The SMILES string of the molecule is Cc1csc(C(C)NC(=O)c2cc(N)cc(Cl)c2)n1. The van der Waals surface area contributed by atoms with Crippen molar-refractivity contribution in [2.75, 3.05) is 5.73 Å². The van der Waals surface area contributed by atoms with Gasteiger partial charge < -0.3 is 11.1 Å². The van der Waals surface area contributed by atoms with Gasteiger partial charge in [-0.1, -0.05) is 11.6 Å². The molecule has 0 bridgehead atoms. The van der Waals surface area contributed by atoms with Crippen LogP contribution in [0.4, 0.5) is 5.69 Å². The van der Waals surface area contributed by atoms with Crippen LogP contribution in [0, 0.1) is 6.92 Å². The monoisotopic (exact) mass is 295 g/mol. The quantitative estimate of drug-likeness (QED) is 0.855. The Bertz CT molecular complexity index is 591. The second kappa shape index (κ2) is 5.59. The lowest BCUT2D eigenvalue weighted by Gasteiger charge is -2.11. The van der Waals surface area contributed by atoms with Crippen LogP contribution in [0.2, 0.25) is 5.02 Å². The summed E-state index contributed by atoms with van der Waals surface area (Å²) in [6.07, 6.45) is 0. The first-order valence-corrected chi connectivity index (χ1v) is 7.00. The number of nitrogens with one attached hydrogen (secondary N) is 1. The molecule has 4 nitrogen and oxygen atoms in total. The van der Waals surface area contributed by atoms with Gasteiger partial charge >= 0.3 is 0 Å². The highest BCUT2D eigenvalue weighted by Crippen LogP contribution is 2.20. The molecule has 1 aromatic carbocycles. The Labute approximate surface area is 120 Å². The molecular weight excluding hydrogens is 282 g/mol. The molecule has 6 heteroatoms. The van der Waals surface area contributed by atoms with Crippen LogP contribution in [0.5, 0.6) is 0 Å². The minimum atomic E-state index is -0.213. The number of hydrogen-bond donors (Lipinski definition) is 2. The molecule has 19 heavy (non-hydrogen) atoms. The number of aromatic nitrogens is 1. The van der Waals surface area contributed by atoms with Crippen LogP contribution >= 0.6 is 22.9 Å². The van der Waals surface area contributed by atoms with Gasteiger partial charge in [-0.2, -0.15) is 0 Å². The Morgan fingerprint density at radius 2 is 2.21 bits per heavy atom. The Morgan fingerprint density at radius 1 is 1.47 bits per heavy atom. The molecule has 1 unspecified atom stereocenters. The summed E-state index contributed by atoms with van der Waals surface area (Å²) < 4.78 is 0. The first-order valence-electron chi connectivity index (χ1n) is 5.74. The number of carbonyl (C=O) groups is 1. The summed E-state index contributed by atoms with van der Waals surface area (Å²) in [4.78, 5) is 16.4. The molecule has 1 amide bonds. The van der Waals surface area contributed by atoms with E-state index in [-0.39, 0.29) is 11.9 Å². The maximum absolute atomic E-state index is 12.1. The normalized spacial score (nSPS) is 12.2. The van der Waals surface area contributed by atoms with Gasteiger partial charge in [0.15, 0.2) is 0 Å². The summed E-state index contributed by atoms with van der Waals surface area (Å²) in [7, 11) is 0. The lowest BCUT2D eigenvalue weighted by atomic mass is 10.2. The van der Waals surface area contributed by atoms with E-state index in [1.165, 1.54) is 11.3 Å². The highest BCUT2D eigenvalue weighted by atomic mass is 35.5. The summed E-state index contributed by atoms with van der Waals surface area (Å²) in [5.74, 6) is -0.213. The third kappa shape index (κ3) is 3.45. The van der Waals surface area contributed by atoms with Crippen molar-refractivity contribution in [1.82, 2.24) is 10.3 Å². The maximum atomic E-state index is 12.1. The van der Waals surface area contributed by atoms with Gasteiger partial charge in [0.25, 0.3) is 5.91 Å². The van der Waals surface area contributed by atoms with Crippen LogP contribution in [0.25, 0.3) is 0 Å². The lowest BCUT2D eigenvalue weighted by Crippen LogP contribution is -2.26. The molecule has 0 saturated heterocycles. The standard InChI is InChI=1S/C13H14ClN3OS/c1-7-6-19-13(16-7)8(2)17-12(18)9-3-10(14)5-11(15)4-9/h3-6,8H,15H2,1-2H3,(H,17,18). The molecular formula is C13H14ClN3OS. The fourth-order valence-electron chi connectivity index (χ4n) is 1.66. The fourth-order valence-corrected chi connectivity index (χ4v) is 2.70. The first-order chi connectivity index (χ1) is 8.95. The average molecular weight is 296 g/mol. The fraction of sp³-hybridized carbons (Fsp3) is 0.231. The Kier molecular flexibility index (Phi) is 4.07. The zero-order chi connectivity index (χ0) is 14.0. The molecule has 1 atom stereocenters. The highest BCUT2D eigenvalue weighted by molar-refractivity contribution is 7.09. The Morgan fingerprint density at radius 3 is 2.79 bits per heavy atom. The molecule has 3 N–H and O–H groups in total. The molecule has 1 aromatic heterocycles. The topological polar surface area (TPSA) is 68.0 Å². The van der Waals surface area contributed by atoms with Crippen LogP contribution in [0.3, 0.4) is 0 Å². The van der Waals surface area contributed by atoms with Crippen molar-refractivity contribution >= 4 is 34.5 Å². The Hall–Kier alpha value is -1.59. The van der Waals surface area contributed by atoms with Crippen molar-refractivity contribution in [2.45, 2.75) is 19.9 Å². The summed E-state index contributed by atoms with van der Waals surface area (Å²) in [5.41, 5.74) is 7.54. The van der Waals surface area contributed by atoms with E-state index in [2.05, 4.69) is 10.3 Å². The maximum Gasteiger partial charge on any atom is 0.251 e. The molecule has 0 aliphatic heterocycles. The third-order valence-corrected chi connectivity index (χ3v) is 3.90.